The molecule has 118 valence electrons. The van der Waals surface area contributed by atoms with Gasteiger partial charge in [-0.25, -0.2) is 4.39 Å². The minimum Gasteiger partial charge on any atom is -0.330 e. The van der Waals surface area contributed by atoms with Crippen molar-refractivity contribution >= 4 is 18.1 Å². The van der Waals surface area contributed by atoms with E-state index in [-0.39, 0.29) is 18.1 Å². The van der Waals surface area contributed by atoms with Crippen LogP contribution in [0.25, 0.3) is 0 Å². The van der Waals surface area contributed by atoms with Gasteiger partial charge in [0, 0.05) is 24.7 Å². The summed E-state index contributed by atoms with van der Waals surface area (Å²) in [5.74, 6) is 0.113. The molecule has 1 aromatic carbocycles. The average molecular weight is 318 g/mol. The second kappa shape index (κ2) is 8.26. The maximum Gasteiger partial charge on any atom is 0.274 e. The van der Waals surface area contributed by atoms with Crippen molar-refractivity contribution in [2.75, 3.05) is 19.6 Å². The van der Waals surface area contributed by atoms with Gasteiger partial charge in [0.1, 0.15) is 5.82 Å². The summed E-state index contributed by atoms with van der Waals surface area (Å²) in [6.07, 6.45) is 3.19. The summed E-state index contributed by atoms with van der Waals surface area (Å²) >= 11 is 0. The van der Waals surface area contributed by atoms with Gasteiger partial charge in [-0.2, -0.15) is 0 Å². The van der Waals surface area contributed by atoms with Crippen LogP contribution in [-0.4, -0.2) is 29.5 Å². The highest BCUT2D eigenvalue weighted by Crippen LogP contribution is 2.25. The molecule has 0 aromatic heterocycles. The smallest absolute Gasteiger partial charge is 0.274 e. The number of halogens is 2. The van der Waals surface area contributed by atoms with E-state index < -0.39 is 10.7 Å². The highest BCUT2D eigenvalue weighted by Gasteiger charge is 2.22. The molecule has 0 bridgehead atoms. The number of nitrogens with zero attached hydrogens (tertiary/aromatic N) is 2. The molecular formula is C14H21ClFN3O2. The molecule has 0 amide bonds. The fourth-order valence-electron chi connectivity index (χ4n) is 2.87. The van der Waals surface area contributed by atoms with Gasteiger partial charge in [0.15, 0.2) is 0 Å². The van der Waals surface area contributed by atoms with E-state index in [9.17, 15) is 14.5 Å². The van der Waals surface area contributed by atoms with E-state index in [0.717, 1.165) is 38.4 Å². The van der Waals surface area contributed by atoms with Crippen molar-refractivity contribution < 1.29 is 9.31 Å². The number of benzene rings is 1. The molecule has 1 aliphatic heterocycles. The van der Waals surface area contributed by atoms with Gasteiger partial charge < -0.3 is 5.73 Å². The number of piperidine rings is 1. The van der Waals surface area contributed by atoms with Crippen LogP contribution in [0.5, 0.6) is 0 Å². The van der Waals surface area contributed by atoms with Crippen LogP contribution in [0.15, 0.2) is 18.2 Å². The lowest BCUT2D eigenvalue weighted by molar-refractivity contribution is -0.385. The molecular weight excluding hydrogens is 297 g/mol. The van der Waals surface area contributed by atoms with Crippen molar-refractivity contribution in [1.82, 2.24) is 4.90 Å². The minimum absolute atomic E-state index is 0. The van der Waals surface area contributed by atoms with E-state index in [1.54, 1.807) is 0 Å². The van der Waals surface area contributed by atoms with Crippen LogP contribution in [0.1, 0.15) is 24.8 Å². The summed E-state index contributed by atoms with van der Waals surface area (Å²) in [6, 6.07) is 3.64. The molecule has 1 aliphatic rings. The Kier molecular flexibility index (Phi) is 7.01. The molecule has 1 aromatic rings. The number of nitro benzene ring substituents is 1. The van der Waals surface area contributed by atoms with Crippen molar-refractivity contribution in [1.29, 1.82) is 0 Å². The molecule has 2 rings (SSSR count). The van der Waals surface area contributed by atoms with Crippen molar-refractivity contribution in [3.63, 3.8) is 0 Å². The standard InChI is InChI=1S/C14H20FN3O2.ClH/c15-13-3-4-14(18(19)20)12(8-13)10-17-7-1-2-11(9-17)5-6-16;/h3-4,8,11H,1-2,5-7,9-10,16H2;1H. The fourth-order valence-corrected chi connectivity index (χ4v) is 2.87. The predicted octanol–water partition coefficient (Wildman–Crippen LogP) is 2.72. The Morgan fingerprint density at radius 2 is 2.24 bits per heavy atom. The second-order valence-corrected chi connectivity index (χ2v) is 5.35. The Labute approximate surface area is 129 Å². The monoisotopic (exact) mass is 317 g/mol. The number of likely N-dealkylation sites (tertiary alicyclic amines) is 1. The molecule has 0 saturated carbocycles. The Morgan fingerprint density at radius 3 is 2.90 bits per heavy atom. The summed E-state index contributed by atoms with van der Waals surface area (Å²) < 4.78 is 13.3. The third kappa shape index (κ3) is 4.91. The zero-order valence-corrected chi connectivity index (χ0v) is 12.7. The van der Waals surface area contributed by atoms with Gasteiger partial charge in [0.2, 0.25) is 0 Å². The van der Waals surface area contributed by atoms with Crippen LogP contribution in [-0.2, 0) is 6.54 Å². The molecule has 0 aliphatic carbocycles. The second-order valence-electron chi connectivity index (χ2n) is 5.35. The molecule has 1 atom stereocenters. The van der Waals surface area contributed by atoms with E-state index in [4.69, 9.17) is 5.73 Å². The van der Waals surface area contributed by atoms with E-state index >= 15 is 0 Å². The molecule has 2 N–H and O–H groups in total. The van der Waals surface area contributed by atoms with Gasteiger partial charge in [-0.05, 0) is 50.4 Å². The first-order valence-electron chi connectivity index (χ1n) is 6.95. The molecule has 5 nitrogen and oxygen atoms in total. The summed E-state index contributed by atoms with van der Waals surface area (Å²) in [5.41, 5.74) is 6.02. The molecule has 0 radical (unpaired) electrons. The van der Waals surface area contributed by atoms with Crippen molar-refractivity contribution in [2.24, 2.45) is 11.7 Å². The van der Waals surface area contributed by atoms with Gasteiger partial charge >= 0.3 is 0 Å². The Bertz CT molecular complexity index is 485. The van der Waals surface area contributed by atoms with Crippen molar-refractivity contribution in [3.8, 4) is 0 Å². The lowest BCUT2D eigenvalue weighted by atomic mass is 9.94. The number of rotatable bonds is 5. The van der Waals surface area contributed by atoms with Crippen LogP contribution in [0, 0.1) is 21.8 Å². The normalized spacial score (nSPS) is 19.0. The van der Waals surface area contributed by atoms with Gasteiger partial charge in [0.05, 0.1) is 4.92 Å². The fraction of sp³-hybridized carbons (Fsp3) is 0.571. The largest absolute Gasteiger partial charge is 0.330 e. The van der Waals surface area contributed by atoms with E-state index in [2.05, 4.69) is 4.90 Å². The molecule has 1 fully saturated rings. The van der Waals surface area contributed by atoms with Gasteiger partial charge in [-0.1, -0.05) is 0 Å². The van der Waals surface area contributed by atoms with E-state index in [1.807, 2.05) is 0 Å². The van der Waals surface area contributed by atoms with Gasteiger partial charge in [0.25, 0.3) is 5.69 Å². The predicted molar refractivity (Wildman–Crippen MR) is 82.0 cm³/mol. The quantitative estimate of drug-likeness (QED) is 0.669. The summed E-state index contributed by atoms with van der Waals surface area (Å²) in [7, 11) is 0. The average Bonchev–Trinajstić information content (AvgIpc) is 2.39. The zero-order chi connectivity index (χ0) is 14.5. The van der Waals surface area contributed by atoms with E-state index in [0.29, 0.717) is 24.6 Å². The van der Waals surface area contributed by atoms with Crippen LogP contribution >= 0.6 is 12.4 Å². The SMILES string of the molecule is Cl.NCCC1CCCN(Cc2cc(F)ccc2[N+](=O)[O-])C1. The molecule has 7 heteroatoms. The Balaban J connectivity index is 0.00000220. The highest BCUT2D eigenvalue weighted by atomic mass is 35.5. The van der Waals surface area contributed by atoms with Gasteiger partial charge in [-0.15, -0.1) is 12.4 Å². The summed E-state index contributed by atoms with van der Waals surface area (Å²) in [5, 5.41) is 11.0. The molecule has 0 spiro atoms. The van der Waals surface area contributed by atoms with Crippen LogP contribution < -0.4 is 5.73 Å². The molecule has 1 heterocycles. The first-order valence-corrected chi connectivity index (χ1v) is 6.95. The first kappa shape index (κ1) is 17.8. The molecule has 21 heavy (non-hydrogen) atoms. The van der Waals surface area contributed by atoms with Crippen LogP contribution in [0.2, 0.25) is 0 Å². The third-order valence-corrected chi connectivity index (χ3v) is 3.81. The number of nitrogens with two attached hydrogens (primary N) is 1. The van der Waals surface area contributed by atoms with Crippen molar-refractivity contribution in [3.05, 3.63) is 39.7 Å². The highest BCUT2D eigenvalue weighted by molar-refractivity contribution is 5.85. The lowest BCUT2D eigenvalue weighted by Crippen LogP contribution is -2.35. The summed E-state index contributed by atoms with van der Waals surface area (Å²) in [6.45, 7) is 2.87. The third-order valence-electron chi connectivity index (χ3n) is 3.81. The topological polar surface area (TPSA) is 72.4 Å². The maximum absolute atomic E-state index is 13.3. The Hall–Kier alpha value is -1.24. The van der Waals surface area contributed by atoms with Crippen LogP contribution in [0.3, 0.4) is 0 Å². The summed E-state index contributed by atoms with van der Waals surface area (Å²) in [4.78, 5) is 12.7. The van der Waals surface area contributed by atoms with Gasteiger partial charge in [-0.3, -0.25) is 15.0 Å². The first-order chi connectivity index (χ1) is 9.60. The molecule has 1 unspecified atom stereocenters. The number of hydrogen-bond donors (Lipinski definition) is 1. The van der Waals surface area contributed by atoms with Crippen LogP contribution in [0.4, 0.5) is 10.1 Å². The Morgan fingerprint density at radius 1 is 1.48 bits per heavy atom. The number of nitro groups is 1. The van der Waals surface area contributed by atoms with Crippen molar-refractivity contribution in [2.45, 2.75) is 25.8 Å². The minimum atomic E-state index is -0.448. The number of hydrogen-bond acceptors (Lipinski definition) is 4. The van der Waals surface area contributed by atoms with E-state index in [1.165, 1.54) is 12.1 Å². The molecule has 1 saturated heterocycles. The zero-order valence-electron chi connectivity index (χ0n) is 11.8. The maximum atomic E-state index is 13.3. The lowest BCUT2D eigenvalue weighted by Gasteiger charge is -2.32.